The molecule has 1 aromatic carbocycles. The lowest BCUT2D eigenvalue weighted by Gasteiger charge is -2.31. The zero-order chi connectivity index (χ0) is 23.6. The van der Waals surface area contributed by atoms with Crippen LogP contribution in [-0.2, 0) is 16.6 Å². The monoisotopic (exact) mass is 469 g/mol. The molecule has 4 N–H and O–H groups in total. The molecular formula is C24H31N5O3S. The summed E-state index contributed by atoms with van der Waals surface area (Å²) in [7, 11) is -3.18. The third kappa shape index (κ3) is 4.80. The van der Waals surface area contributed by atoms with Crippen LogP contribution in [0.15, 0.2) is 36.8 Å². The molecule has 1 amide bonds. The van der Waals surface area contributed by atoms with Crippen LogP contribution in [0.4, 0.5) is 0 Å². The summed E-state index contributed by atoms with van der Waals surface area (Å²) in [5.41, 5.74) is 10.9. The SMILES string of the molecule is CCNCc1cncc(-c2cc(C(N)=O)c3[nH]cc(C4CCN(S(=O)(=O)CC)CC4)c3c2)c1. The maximum Gasteiger partial charge on any atom is 0.250 e. The Morgan fingerprint density at radius 3 is 2.61 bits per heavy atom. The van der Waals surface area contributed by atoms with Crippen LogP contribution in [0.5, 0.6) is 0 Å². The van der Waals surface area contributed by atoms with E-state index in [4.69, 9.17) is 5.73 Å². The number of carbonyl (C=O) groups is 1. The number of aromatic nitrogens is 2. The number of H-pyrrole nitrogens is 1. The molecule has 0 unspecified atom stereocenters. The lowest BCUT2D eigenvalue weighted by atomic mass is 9.88. The molecule has 0 aliphatic carbocycles. The molecule has 0 bridgehead atoms. The third-order valence-electron chi connectivity index (χ3n) is 6.45. The van der Waals surface area contributed by atoms with Crippen molar-refractivity contribution in [2.24, 2.45) is 5.73 Å². The van der Waals surface area contributed by atoms with Crippen LogP contribution >= 0.6 is 0 Å². The van der Waals surface area contributed by atoms with Crippen LogP contribution in [0.2, 0.25) is 0 Å². The van der Waals surface area contributed by atoms with E-state index in [1.165, 1.54) is 0 Å². The second kappa shape index (κ2) is 9.62. The molecule has 9 heteroatoms. The van der Waals surface area contributed by atoms with Crippen LogP contribution < -0.4 is 11.1 Å². The minimum Gasteiger partial charge on any atom is -0.366 e. The summed E-state index contributed by atoms with van der Waals surface area (Å²) in [5, 5.41) is 4.26. The van der Waals surface area contributed by atoms with Gasteiger partial charge in [-0.2, -0.15) is 0 Å². The van der Waals surface area contributed by atoms with Gasteiger partial charge in [0.15, 0.2) is 0 Å². The van der Waals surface area contributed by atoms with E-state index in [9.17, 15) is 13.2 Å². The van der Waals surface area contributed by atoms with Crippen molar-refractivity contribution >= 4 is 26.8 Å². The molecule has 1 aliphatic rings. The fourth-order valence-electron chi connectivity index (χ4n) is 4.59. The Bertz CT molecular complexity index is 1260. The second-order valence-corrected chi connectivity index (χ2v) is 10.7. The van der Waals surface area contributed by atoms with E-state index in [1.807, 2.05) is 18.5 Å². The van der Waals surface area contributed by atoms with Crippen LogP contribution in [0.3, 0.4) is 0 Å². The van der Waals surface area contributed by atoms with Gasteiger partial charge in [0.25, 0.3) is 5.91 Å². The summed E-state index contributed by atoms with van der Waals surface area (Å²) < 4.78 is 26.0. The molecule has 0 saturated carbocycles. The lowest BCUT2D eigenvalue weighted by molar-refractivity contribution is 0.100. The van der Waals surface area contributed by atoms with Crippen molar-refractivity contribution in [1.82, 2.24) is 19.6 Å². The van der Waals surface area contributed by atoms with Gasteiger partial charge in [-0.15, -0.1) is 0 Å². The summed E-state index contributed by atoms with van der Waals surface area (Å²) in [6.07, 6.45) is 7.04. The van der Waals surface area contributed by atoms with Gasteiger partial charge in [0.2, 0.25) is 10.0 Å². The molecule has 3 heterocycles. The number of fused-ring (bicyclic) bond motifs is 1. The summed E-state index contributed by atoms with van der Waals surface area (Å²) in [4.78, 5) is 19.9. The fourth-order valence-corrected chi connectivity index (χ4v) is 5.72. The van der Waals surface area contributed by atoms with Crippen molar-refractivity contribution in [3.05, 3.63) is 53.5 Å². The van der Waals surface area contributed by atoms with E-state index < -0.39 is 15.9 Å². The molecule has 4 rings (SSSR count). The van der Waals surface area contributed by atoms with Crippen molar-refractivity contribution in [2.45, 2.75) is 39.2 Å². The van der Waals surface area contributed by atoms with Gasteiger partial charge in [-0.1, -0.05) is 6.92 Å². The summed E-state index contributed by atoms with van der Waals surface area (Å²) in [6, 6.07) is 5.97. The molecular weight excluding hydrogens is 438 g/mol. The average molecular weight is 470 g/mol. The molecule has 1 aliphatic heterocycles. The Balaban J connectivity index is 1.71. The maximum absolute atomic E-state index is 12.3. The topological polar surface area (TPSA) is 121 Å². The number of amides is 1. The molecule has 8 nitrogen and oxygen atoms in total. The molecule has 0 atom stereocenters. The molecule has 2 aromatic heterocycles. The number of carbonyl (C=O) groups excluding carboxylic acids is 1. The molecule has 3 aromatic rings. The number of rotatable bonds is 8. The predicted octanol–water partition coefficient (Wildman–Crippen LogP) is 2.97. The number of pyridine rings is 1. The quantitative estimate of drug-likeness (QED) is 0.468. The number of aromatic amines is 1. The number of hydrogen-bond donors (Lipinski definition) is 3. The van der Waals surface area contributed by atoms with Crippen molar-refractivity contribution in [3.8, 4) is 11.1 Å². The van der Waals surface area contributed by atoms with E-state index in [1.54, 1.807) is 17.4 Å². The van der Waals surface area contributed by atoms with Gasteiger partial charge in [-0.3, -0.25) is 9.78 Å². The first-order valence-corrected chi connectivity index (χ1v) is 13.0. The van der Waals surface area contributed by atoms with E-state index in [2.05, 4.69) is 34.3 Å². The average Bonchev–Trinajstić information content (AvgIpc) is 3.26. The van der Waals surface area contributed by atoms with Gasteiger partial charge >= 0.3 is 0 Å². The van der Waals surface area contributed by atoms with Crippen LogP contribution in [-0.4, -0.2) is 54.0 Å². The van der Waals surface area contributed by atoms with Gasteiger partial charge in [0.05, 0.1) is 16.8 Å². The molecule has 176 valence electrons. The van der Waals surface area contributed by atoms with Gasteiger partial charge in [0, 0.05) is 49.2 Å². The highest BCUT2D eigenvalue weighted by Crippen LogP contribution is 2.37. The number of nitrogens with one attached hydrogen (secondary N) is 2. The van der Waals surface area contributed by atoms with Crippen LogP contribution in [0, 0.1) is 0 Å². The number of primary amides is 1. The summed E-state index contributed by atoms with van der Waals surface area (Å²) in [5.74, 6) is -0.163. The second-order valence-electron chi connectivity index (χ2n) is 8.49. The Kier molecular flexibility index (Phi) is 6.83. The van der Waals surface area contributed by atoms with Gasteiger partial charge < -0.3 is 16.0 Å². The predicted molar refractivity (Wildman–Crippen MR) is 130 cm³/mol. The molecule has 1 fully saturated rings. The highest BCUT2D eigenvalue weighted by Gasteiger charge is 2.29. The van der Waals surface area contributed by atoms with E-state index in [0.717, 1.165) is 59.1 Å². The highest BCUT2D eigenvalue weighted by molar-refractivity contribution is 7.89. The standard InChI is InChI=1S/C24H31N5O3S/c1-3-26-12-16-9-19(14-27-13-16)18-10-20-22(15-28-23(20)21(11-18)24(25)30)17-5-7-29(8-6-17)33(31,32)4-2/h9-11,13-15,17,26,28H,3-8,12H2,1-2H3,(H2,25,30). The summed E-state index contributed by atoms with van der Waals surface area (Å²) in [6.45, 7) is 6.33. The molecule has 0 radical (unpaired) electrons. The maximum atomic E-state index is 12.3. The van der Waals surface area contributed by atoms with Crippen molar-refractivity contribution in [2.75, 3.05) is 25.4 Å². The van der Waals surface area contributed by atoms with Crippen LogP contribution in [0.25, 0.3) is 22.0 Å². The number of piperidine rings is 1. The number of benzene rings is 1. The first kappa shape index (κ1) is 23.4. The first-order valence-electron chi connectivity index (χ1n) is 11.4. The highest BCUT2D eigenvalue weighted by atomic mass is 32.2. The number of nitrogens with two attached hydrogens (primary N) is 1. The van der Waals surface area contributed by atoms with Gasteiger partial charge in [0.1, 0.15) is 0 Å². The van der Waals surface area contributed by atoms with Crippen molar-refractivity contribution in [1.29, 1.82) is 0 Å². The number of nitrogens with zero attached hydrogens (tertiary/aromatic N) is 2. The van der Waals surface area contributed by atoms with Crippen LogP contribution in [0.1, 0.15) is 54.1 Å². The normalized spacial score (nSPS) is 15.8. The Morgan fingerprint density at radius 1 is 1.18 bits per heavy atom. The van der Waals surface area contributed by atoms with E-state index >= 15 is 0 Å². The third-order valence-corrected chi connectivity index (χ3v) is 8.33. The summed E-state index contributed by atoms with van der Waals surface area (Å²) >= 11 is 0. The zero-order valence-corrected chi connectivity index (χ0v) is 19.9. The Morgan fingerprint density at radius 2 is 1.94 bits per heavy atom. The first-order chi connectivity index (χ1) is 15.8. The van der Waals surface area contributed by atoms with Crippen molar-refractivity contribution in [3.63, 3.8) is 0 Å². The lowest BCUT2D eigenvalue weighted by Crippen LogP contribution is -2.38. The molecule has 0 spiro atoms. The minimum atomic E-state index is -3.18. The zero-order valence-electron chi connectivity index (χ0n) is 19.1. The van der Waals surface area contributed by atoms with Crippen molar-refractivity contribution < 1.29 is 13.2 Å². The van der Waals surface area contributed by atoms with Gasteiger partial charge in [-0.05, 0) is 67.1 Å². The minimum absolute atomic E-state index is 0.122. The largest absolute Gasteiger partial charge is 0.366 e. The Labute approximate surface area is 194 Å². The van der Waals surface area contributed by atoms with Gasteiger partial charge in [-0.25, -0.2) is 12.7 Å². The fraction of sp³-hybridized carbons (Fsp3) is 0.417. The van der Waals surface area contributed by atoms with E-state index in [0.29, 0.717) is 18.7 Å². The number of hydrogen-bond acceptors (Lipinski definition) is 5. The number of sulfonamides is 1. The Hall–Kier alpha value is -2.75. The molecule has 33 heavy (non-hydrogen) atoms. The van der Waals surface area contributed by atoms with E-state index in [-0.39, 0.29) is 11.7 Å². The smallest absolute Gasteiger partial charge is 0.250 e. The molecule has 1 saturated heterocycles.